The van der Waals surface area contributed by atoms with Crippen molar-refractivity contribution in [1.82, 2.24) is 10.6 Å². The van der Waals surface area contributed by atoms with Crippen LogP contribution in [0.2, 0.25) is 0 Å². The SMILES string of the molecule is COc1cc(CCNC(=O)CNC=O)ccc1CC(C)C. The molecule has 0 heterocycles. The van der Waals surface area contributed by atoms with Crippen molar-refractivity contribution < 1.29 is 14.3 Å². The molecule has 21 heavy (non-hydrogen) atoms. The first-order chi connectivity index (χ1) is 10.1. The molecular formula is C16H24N2O3. The van der Waals surface area contributed by atoms with E-state index in [1.165, 1.54) is 5.56 Å². The third kappa shape index (κ3) is 6.29. The molecule has 0 bridgehead atoms. The maximum Gasteiger partial charge on any atom is 0.239 e. The van der Waals surface area contributed by atoms with Gasteiger partial charge in [-0.25, -0.2) is 0 Å². The summed E-state index contributed by atoms with van der Waals surface area (Å²) in [5, 5.41) is 5.08. The number of ether oxygens (including phenoxy) is 1. The van der Waals surface area contributed by atoms with E-state index in [0.29, 0.717) is 18.9 Å². The molecule has 116 valence electrons. The summed E-state index contributed by atoms with van der Waals surface area (Å²) >= 11 is 0. The molecule has 5 heteroatoms. The molecule has 0 atom stereocenters. The third-order valence-electron chi connectivity index (χ3n) is 3.06. The molecule has 0 aromatic heterocycles. The number of methoxy groups -OCH3 is 1. The summed E-state index contributed by atoms with van der Waals surface area (Å²) in [7, 11) is 1.68. The van der Waals surface area contributed by atoms with Gasteiger partial charge in [0.1, 0.15) is 5.75 Å². The molecule has 0 aliphatic rings. The van der Waals surface area contributed by atoms with Gasteiger partial charge in [0.15, 0.2) is 0 Å². The minimum Gasteiger partial charge on any atom is -0.496 e. The second-order valence-electron chi connectivity index (χ2n) is 5.34. The number of hydrogen-bond donors (Lipinski definition) is 2. The van der Waals surface area contributed by atoms with Crippen LogP contribution in [0.15, 0.2) is 18.2 Å². The van der Waals surface area contributed by atoms with E-state index in [1.54, 1.807) is 7.11 Å². The van der Waals surface area contributed by atoms with Crippen LogP contribution in [0.5, 0.6) is 5.75 Å². The molecule has 1 aromatic carbocycles. The fraction of sp³-hybridized carbons (Fsp3) is 0.500. The lowest BCUT2D eigenvalue weighted by Gasteiger charge is -2.12. The maximum absolute atomic E-state index is 11.3. The van der Waals surface area contributed by atoms with E-state index in [0.717, 1.165) is 24.2 Å². The lowest BCUT2D eigenvalue weighted by atomic mass is 9.99. The Labute approximate surface area is 126 Å². The van der Waals surface area contributed by atoms with Crippen LogP contribution < -0.4 is 15.4 Å². The fourth-order valence-electron chi connectivity index (χ4n) is 2.10. The zero-order chi connectivity index (χ0) is 15.7. The predicted octanol–water partition coefficient (Wildman–Crippen LogP) is 1.30. The van der Waals surface area contributed by atoms with Gasteiger partial charge in [-0.3, -0.25) is 9.59 Å². The fourth-order valence-corrected chi connectivity index (χ4v) is 2.10. The maximum atomic E-state index is 11.3. The highest BCUT2D eigenvalue weighted by molar-refractivity contribution is 5.79. The summed E-state index contributed by atoms with van der Waals surface area (Å²) in [5.74, 6) is 1.29. The third-order valence-corrected chi connectivity index (χ3v) is 3.06. The number of benzene rings is 1. The van der Waals surface area contributed by atoms with Crippen LogP contribution in [-0.2, 0) is 22.4 Å². The Hall–Kier alpha value is -2.04. The van der Waals surface area contributed by atoms with Gasteiger partial charge in [-0.2, -0.15) is 0 Å². The number of rotatable bonds is 9. The minimum atomic E-state index is -0.189. The van der Waals surface area contributed by atoms with E-state index in [1.807, 2.05) is 6.07 Å². The van der Waals surface area contributed by atoms with Gasteiger partial charge in [0.25, 0.3) is 0 Å². The molecule has 2 N–H and O–H groups in total. The zero-order valence-electron chi connectivity index (χ0n) is 12.9. The lowest BCUT2D eigenvalue weighted by Crippen LogP contribution is -2.34. The van der Waals surface area contributed by atoms with Crippen LogP contribution >= 0.6 is 0 Å². The van der Waals surface area contributed by atoms with Crippen LogP contribution in [0.1, 0.15) is 25.0 Å². The van der Waals surface area contributed by atoms with Crippen molar-refractivity contribution in [3.63, 3.8) is 0 Å². The average Bonchev–Trinajstić information content (AvgIpc) is 2.46. The Morgan fingerprint density at radius 2 is 2.14 bits per heavy atom. The standard InChI is InChI=1S/C16H24N2O3/c1-12(2)8-14-5-4-13(9-15(14)21-3)6-7-18-16(20)10-17-11-19/h4-5,9,11-12H,6-8,10H2,1-3H3,(H,17,19)(H,18,20). The van der Waals surface area contributed by atoms with E-state index in [2.05, 4.69) is 36.6 Å². The van der Waals surface area contributed by atoms with E-state index in [-0.39, 0.29) is 12.5 Å². The molecular weight excluding hydrogens is 268 g/mol. The summed E-state index contributed by atoms with van der Waals surface area (Å²) < 4.78 is 5.43. The summed E-state index contributed by atoms with van der Waals surface area (Å²) in [4.78, 5) is 21.4. The molecule has 0 fully saturated rings. The van der Waals surface area contributed by atoms with Crippen molar-refractivity contribution in [2.75, 3.05) is 20.2 Å². The monoisotopic (exact) mass is 292 g/mol. The van der Waals surface area contributed by atoms with Crippen LogP contribution in [0.25, 0.3) is 0 Å². The van der Waals surface area contributed by atoms with Gasteiger partial charge in [-0.15, -0.1) is 0 Å². The van der Waals surface area contributed by atoms with Gasteiger partial charge in [-0.05, 0) is 36.0 Å². The number of carbonyl (C=O) groups excluding carboxylic acids is 2. The van der Waals surface area contributed by atoms with E-state index >= 15 is 0 Å². The van der Waals surface area contributed by atoms with Gasteiger partial charge in [-0.1, -0.05) is 26.0 Å². The van der Waals surface area contributed by atoms with Crippen LogP contribution in [0.3, 0.4) is 0 Å². The summed E-state index contributed by atoms with van der Waals surface area (Å²) in [6.45, 7) is 4.90. The van der Waals surface area contributed by atoms with Crippen molar-refractivity contribution in [1.29, 1.82) is 0 Å². The zero-order valence-corrected chi connectivity index (χ0v) is 12.9. The summed E-state index contributed by atoms with van der Waals surface area (Å²) in [5.41, 5.74) is 2.32. The van der Waals surface area contributed by atoms with E-state index < -0.39 is 0 Å². The van der Waals surface area contributed by atoms with Crippen molar-refractivity contribution >= 4 is 12.3 Å². The molecule has 1 rings (SSSR count). The lowest BCUT2D eigenvalue weighted by molar-refractivity contribution is -0.122. The Kier molecular flexibility index (Phi) is 7.29. The normalized spacial score (nSPS) is 10.3. The first-order valence-corrected chi connectivity index (χ1v) is 7.16. The van der Waals surface area contributed by atoms with Gasteiger partial charge in [0.05, 0.1) is 13.7 Å². The van der Waals surface area contributed by atoms with Crippen molar-refractivity contribution in [2.45, 2.75) is 26.7 Å². The van der Waals surface area contributed by atoms with Crippen molar-refractivity contribution in [3.8, 4) is 5.75 Å². The molecule has 0 spiro atoms. The average molecular weight is 292 g/mol. The largest absolute Gasteiger partial charge is 0.496 e. The predicted molar refractivity (Wildman–Crippen MR) is 82.3 cm³/mol. The second kappa shape index (κ2) is 9.00. The van der Waals surface area contributed by atoms with Gasteiger partial charge in [0.2, 0.25) is 12.3 Å². The second-order valence-corrected chi connectivity index (χ2v) is 5.34. The number of carbonyl (C=O) groups is 2. The van der Waals surface area contributed by atoms with Crippen LogP contribution in [0.4, 0.5) is 0 Å². The van der Waals surface area contributed by atoms with E-state index in [9.17, 15) is 9.59 Å². The molecule has 0 radical (unpaired) electrons. The Morgan fingerprint density at radius 1 is 1.38 bits per heavy atom. The minimum absolute atomic E-state index is 0.0140. The number of amides is 2. The molecule has 0 saturated heterocycles. The highest BCUT2D eigenvalue weighted by atomic mass is 16.5. The van der Waals surface area contributed by atoms with E-state index in [4.69, 9.17) is 4.74 Å². The highest BCUT2D eigenvalue weighted by Gasteiger charge is 2.07. The number of hydrogen-bond acceptors (Lipinski definition) is 3. The van der Waals surface area contributed by atoms with Crippen molar-refractivity contribution in [2.24, 2.45) is 5.92 Å². The molecule has 0 aliphatic heterocycles. The summed E-state index contributed by atoms with van der Waals surface area (Å²) in [6, 6.07) is 6.17. The quantitative estimate of drug-likeness (QED) is 0.674. The Balaban J connectivity index is 2.52. The smallest absolute Gasteiger partial charge is 0.239 e. The highest BCUT2D eigenvalue weighted by Crippen LogP contribution is 2.23. The Bertz CT molecular complexity index is 473. The number of nitrogens with one attached hydrogen (secondary N) is 2. The molecule has 5 nitrogen and oxygen atoms in total. The summed E-state index contributed by atoms with van der Waals surface area (Å²) in [6.07, 6.45) is 2.22. The van der Waals surface area contributed by atoms with Crippen LogP contribution in [0, 0.1) is 5.92 Å². The first kappa shape index (κ1) is 17.0. The Morgan fingerprint density at radius 3 is 2.76 bits per heavy atom. The molecule has 0 saturated carbocycles. The molecule has 0 aliphatic carbocycles. The molecule has 2 amide bonds. The van der Waals surface area contributed by atoms with Gasteiger partial charge in [0, 0.05) is 6.54 Å². The van der Waals surface area contributed by atoms with Crippen molar-refractivity contribution in [3.05, 3.63) is 29.3 Å². The van der Waals surface area contributed by atoms with Crippen LogP contribution in [-0.4, -0.2) is 32.5 Å². The molecule has 0 unspecified atom stereocenters. The molecule has 1 aromatic rings. The topological polar surface area (TPSA) is 67.4 Å². The van der Waals surface area contributed by atoms with Gasteiger partial charge >= 0.3 is 0 Å². The van der Waals surface area contributed by atoms with Gasteiger partial charge < -0.3 is 15.4 Å². The first-order valence-electron chi connectivity index (χ1n) is 7.16.